The molecule has 1 atom stereocenters. The van der Waals surface area contributed by atoms with E-state index in [0.717, 1.165) is 32.0 Å². The van der Waals surface area contributed by atoms with Crippen LogP contribution < -0.4 is 4.74 Å². The molecule has 2 heterocycles. The normalized spacial score (nSPS) is 20.9. The molecule has 2 aliphatic rings. The molecule has 1 saturated carbocycles. The zero-order chi connectivity index (χ0) is 18.2. The highest BCUT2D eigenvalue weighted by atomic mass is 16.5. The number of fused-ring (bicyclic) bond motifs is 1. The van der Waals surface area contributed by atoms with Crippen LogP contribution in [0.1, 0.15) is 36.2 Å². The van der Waals surface area contributed by atoms with Gasteiger partial charge in [-0.1, -0.05) is 18.2 Å². The molecule has 1 unspecified atom stereocenters. The summed E-state index contributed by atoms with van der Waals surface area (Å²) in [6.07, 6.45) is 6.70. The average molecular weight is 363 g/mol. The van der Waals surface area contributed by atoms with Crippen LogP contribution in [0.5, 0.6) is 5.75 Å². The molecule has 0 bridgehead atoms. The summed E-state index contributed by atoms with van der Waals surface area (Å²) in [6, 6.07) is 13.5. The van der Waals surface area contributed by atoms with Crippen molar-refractivity contribution in [2.75, 3.05) is 26.8 Å². The Balaban J connectivity index is 1.33. The molecule has 5 nitrogen and oxygen atoms in total. The topological polar surface area (TPSA) is 39.5 Å². The molecule has 5 heteroatoms. The summed E-state index contributed by atoms with van der Waals surface area (Å²) in [5.41, 5.74) is 2.57. The lowest BCUT2D eigenvalue weighted by molar-refractivity contribution is -0.0335. The van der Waals surface area contributed by atoms with Crippen molar-refractivity contribution < 1.29 is 9.47 Å². The van der Waals surface area contributed by atoms with Crippen LogP contribution in [0.25, 0.3) is 10.8 Å². The lowest BCUT2D eigenvalue weighted by Gasteiger charge is -2.33. The molecule has 2 fully saturated rings. The summed E-state index contributed by atoms with van der Waals surface area (Å²) < 4.78 is 13.8. The van der Waals surface area contributed by atoms with Gasteiger partial charge in [-0.15, -0.1) is 0 Å². The van der Waals surface area contributed by atoms with E-state index in [0.29, 0.717) is 6.04 Å². The lowest BCUT2D eigenvalue weighted by atomic mass is 10.0. The van der Waals surface area contributed by atoms with Crippen LogP contribution in [0.2, 0.25) is 0 Å². The highest BCUT2D eigenvalue weighted by Crippen LogP contribution is 2.36. The van der Waals surface area contributed by atoms with Gasteiger partial charge in [0.1, 0.15) is 5.75 Å². The van der Waals surface area contributed by atoms with Crippen molar-refractivity contribution in [1.29, 1.82) is 0 Å². The van der Waals surface area contributed by atoms with E-state index < -0.39 is 0 Å². The minimum atomic E-state index is 0.113. The number of benzene rings is 2. The van der Waals surface area contributed by atoms with E-state index in [1.165, 1.54) is 34.9 Å². The van der Waals surface area contributed by atoms with Gasteiger partial charge in [-0.25, -0.2) is 4.98 Å². The van der Waals surface area contributed by atoms with Crippen LogP contribution in [0.15, 0.2) is 48.9 Å². The molecule has 0 radical (unpaired) electrons. The Kier molecular flexibility index (Phi) is 4.34. The predicted octanol–water partition coefficient (Wildman–Crippen LogP) is 3.95. The van der Waals surface area contributed by atoms with Gasteiger partial charge >= 0.3 is 0 Å². The summed E-state index contributed by atoms with van der Waals surface area (Å²) in [4.78, 5) is 6.86. The van der Waals surface area contributed by atoms with Crippen LogP contribution in [-0.4, -0.2) is 41.3 Å². The standard InChI is InChI=1S/C22H25N3O2/c1-26-21-7-4-16-10-18(3-2-17(16)11-21)22-14-24(8-9-27-22)13-20-12-23-15-25(20)19-5-6-19/h2-4,7,10-12,15,19,22H,5-6,8-9,13-14H2,1H3. The van der Waals surface area contributed by atoms with E-state index in [4.69, 9.17) is 9.47 Å². The molecule has 5 rings (SSSR count). The first-order valence-electron chi connectivity index (χ1n) is 9.72. The number of rotatable bonds is 5. The monoisotopic (exact) mass is 363 g/mol. The Bertz CT molecular complexity index is 948. The minimum Gasteiger partial charge on any atom is -0.497 e. The summed E-state index contributed by atoms with van der Waals surface area (Å²) in [7, 11) is 1.70. The third-order valence-corrected chi connectivity index (χ3v) is 5.67. The number of methoxy groups -OCH3 is 1. The maximum absolute atomic E-state index is 6.11. The number of nitrogens with zero attached hydrogens (tertiary/aromatic N) is 3. The molecular formula is C22H25N3O2. The Labute approximate surface area is 159 Å². The van der Waals surface area contributed by atoms with E-state index >= 15 is 0 Å². The lowest BCUT2D eigenvalue weighted by Crippen LogP contribution is -2.38. The second-order valence-corrected chi connectivity index (χ2v) is 7.59. The molecule has 0 amide bonds. The second kappa shape index (κ2) is 6.98. The van der Waals surface area contributed by atoms with Gasteiger partial charge in [0.05, 0.1) is 31.8 Å². The molecule has 1 aliphatic carbocycles. The summed E-state index contributed by atoms with van der Waals surface area (Å²) in [5, 5.41) is 2.42. The van der Waals surface area contributed by atoms with E-state index in [9.17, 15) is 0 Å². The number of aromatic nitrogens is 2. The fourth-order valence-corrected chi connectivity index (χ4v) is 3.98. The summed E-state index contributed by atoms with van der Waals surface area (Å²) >= 11 is 0. The highest BCUT2D eigenvalue weighted by Gasteiger charge is 2.27. The van der Waals surface area contributed by atoms with Gasteiger partial charge in [0, 0.05) is 31.9 Å². The molecule has 3 aromatic rings. The third-order valence-electron chi connectivity index (χ3n) is 5.67. The maximum Gasteiger partial charge on any atom is 0.119 e. The van der Waals surface area contributed by atoms with Crippen molar-refractivity contribution in [1.82, 2.24) is 14.5 Å². The summed E-state index contributed by atoms with van der Waals surface area (Å²) in [6.45, 7) is 3.60. The molecule has 1 aromatic heterocycles. The first kappa shape index (κ1) is 16.8. The van der Waals surface area contributed by atoms with Crippen LogP contribution >= 0.6 is 0 Å². The largest absolute Gasteiger partial charge is 0.497 e. The van der Waals surface area contributed by atoms with Crippen molar-refractivity contribution in [3.8, 4) is 5.75 Å². The fourth-order valence-electron chi connectivity index (χ4n) is 3.98. The zero-order valence-corrected chi connectivity index (χ0v) is 15.7. The van der Waals surface area contributed by atoms with Crippen molar-refractivity contribution in [2.45, 2.75) is 31.5 Å². The maximum atomic E-state index is 6.11. The van der Waals surface area contributed by atoms with Gasteiger partial charge in [0.25, 0.3) is 0 Å². The predicted molar refractivity (Wildman–Crippen MR) is 105 cm³/mol. The molecule has 1 aliphatic heterocycles. The van der Waals surface area contributed by atoms with Crippen molar-refractivity contribution in [3.63, 3.8) is 0 Å². The van der Waals surface area contributed by atoms with Crippen molar-refractivity contribution in [3.05, 3.63) is 60.2 Å². The van der Waals surface area contributed by atoms with Gasteiger partial charge in [-0.05, 0) is 47.4 Å². The van der Waals surface area contributed by atoms with Crippen LogP contribution in [0.3, 0.4) is 0 Å². The van der Waals surface area contributed by atoms with Gasteiger partial charge in [0.2, 0.25) is 0 Å². The van der Waals surface area contributed by atoms with Crippen molar-refractivity contribution in [2.24, 2.45) is 0 Å². The molecule has 2 aromatic carbocycles. The number of hydrogen-bond donors (Lipinski definition) is 0. The van der Waals surface area contributed by atoms with E-state index in [2.05, 4.69) is 44.8 Å². The molecule has 1 saturated heterocycles. The number of hydrogen-bond acceptors (Lipinski definition) is 4. The van der Waals surface area contributed by atoms with Gasteiger partial charge in [-0.3, -0.25) is 4.90 Å². The van der Waals surface area contributed by atoms with Crippen LogP contribution in [0.4, 0.5) is 0 Å². The Morgan fingerprint density at radius 1 is 1.15 bits per heavy atom. The van der Waals surface area contributed by atoms with Gasteiger partial charge in [-0.2, -0.15) is 0 Å². The highest BCUT2D eigenvalue weighted by molar-refractivity contribution is 5.84. The first-order chi connectivity index (χ1) is 13.3. The smallest absolute Gasteiger partial charge is 0.119 e. The Morgan fingerprint density at radius 2 is 2.00 bits per heavy atom. The second-order valence-electron chi connectivity index (χ2n) is 7.59. The Morgan fingerprint density at radius 3 is 2.85 bits per heavy atom. The fraction of sp³-hybridized carbons (Fsp3) is 0.409. The average Bonchev–Trinajstić information content (AvgIpc) is 3.46. The molecule has 0 N–H and O–H groups in total. The minimum absolute atomic E-state index is 0.113. The van der Waals surface area contributed by atoms with E-state index in [1.807, 2.05) is 18.6 Å². The van der Waals surface area contributed by atoms with Gasteiger partial charge < -0.3 is 14.0 Å². The Hall–Kier alpha value is -2.37. The first-order valence-corrected chi connectivity index (χ1v) is 9.72. The van der Waals surface area contributed by atoms with Crippen LogP contribution in [-0.2, 0) is 11.3 Å². The number of morpholine rings is 1. The molecule has 0 spiro atoms. The molecular weight excluding hydrogens is 338 g/mol. The quantitative estimate of drug-likeness (QED) is 0.688. The molecule has 27 heavy (non-hydrogen) atoms. The zero-order valence-electron chi connectivity index (χ0n) is 15.7. The summed E-state index contributed by atoms with van der Waals surface area (Å²) in [5.74, 6) is 0.891. The SMILES string of the molecule is COc1ccc2cc(C3CN(Cc4cncn4C4CC4)CCO3)ccc2c1. The van der Waals surface area contributed by atoms with E-state index in [1.54, 1.807) is 7.11 Å². The third kappa shape index (κ3) is 3.45. The van der Waals surface area contributed by atoms with Crippen LogP contribution in [0, 0.1) is 0 Å². The number of ether oxygens (including phenoxy) is 2. The van der Waals surface area contributed by atoms with Crippen molar-refractivity contribution >= 4 is 10.8 Å². The van der Waals surface area contributed by atoms with Gasteiger partial charge in [0.15, 0.2) is 0 Å². The van der Waals surface area contributed by atoms with E-state index in [-0.39, 0.29) is 6.10 Å². The number of imidazole rings is 1. The molecule has 140 valence electrons.